The largest absolute Gasteiger partial charge is 0.416 e. The molecule has 2 fully saturated rings. The summed E-state index contributed by atoms with van der Waals surface area (Å²) in [7, 11) is 0. The molecule has 0 bridgehead atoms. The van der Waals surface area contributed by atoms with E-state index in [1.165, 1.54) is 12.1 Å². The Morgan fingerprint density at radius 3 is 2.49 bits per heavy atom. The topological polar surface area (TPSA) is 146 Å². The van der Waals surface area contributed by atoms with Crippen molar-refractivity contribution < 1.29 is 27.5 Å². The third kappa shape index (κ3) is 6.61. The highest BCUT2D eigenvalue weighted by atomic mass is 19.4. The minimum atomic E-state index is -4.56. The van der Waals surface area contributed by atoms with Gasteiger partial charge in [0.15, 0.2) is 0 Å². The number of rotatable bonds is 8. The normalized spacial score (nSPS) is 18.0. The summed E-state index contributed by atoms with van der Waals surface area (Å²) in [5.41, 5.74) is 6.57. The van der Waals surface area contributed by atoms with E-state index >= 15 is 0 Å². The van der Waals surface area contributed by atoms with Crippen molar-refractivity contribution >= 4 is 34.8 Å². The van der Waals surface area contributed by atoms with Crippen LogP contribution in [0, 0.1) is 16.7 Å². The van der Waals surface area contributed by atoms with Crippen molar-refractivity contribution in [2.24, 2.45) is 11.3 Å². The Hall–Kier alpha value is -4.52. The summed E-state index contributed by atoms with van der Waals surface area (Å²) in [4.78, 5) is 35.5. The Balaban J connectivity index is 1.24. The average molecular weight is 596 g/mol. The van der Waals surface area contributed by atoms with Gasteiger partial charge in [-0.2, -0.15) is 13.2 Å². The number of pyridine rings is 2. The lowest BCUT2D eigenvalue weighted by Crippen LogP contribution is -2.55. The molecule has 10 nitrogen and oxygen atoms in total. The maximum Gasteiger partial charge on any atom is 0.416 e. The van der Waals surface area contributed by atoms with Gasteiger partial charge in [-0.25, -0.2) is 9.97 Å². The lowest BCUT2D eigenvalue weighted by Gasteiger charge is -2.43. The summed E-state index contributed by atoms with van der Waals surface area (Å²) in [5.74, 6) is -0.380. The number of hydrogen-bond donors (Lipinski definition) is 4. The fraction of sp³-hybridized carbons (Fsp3) is 0.367. The number of aromatic nitrogens is 2. The second-order valence-corrected chi connectivity index (χ2v) is 11.1. The number of hydrogen-bond acceptors (Lipinski definition) is 8. The summed E-state index contributed by atoms with van der Waals surface area (Å²) in [6.45, 7) is 4.77. The molecule has 43 heavy (non-hydrogen) atoms. The number of alkyl halides is 3. The minimum Gasteiger partial charge on any atom is -0.384 e. The van der Waals surface area contributed by atoms with Crippen molar-refractivity contribution in [1.29, 1.82) is 5.41 Å². The van der Waals surface area contributed by atoms with Crippen LogP contribution in [0.2, 0.25) is 0 Å². The Kier molecular flexibility index (Phi) is 8.36. The molecule has 5 rings (SSSR count). The molecule has 2 aliphatic rings. The molecular formula is C30H32F3N7O3. The summed E-state index contributed by atoms with van der Waals surface area (Å²) in [6.07, 6.45) is -0.178. The second-order valence-electron chi connectivity index (χ2n) is 11.1. The maximum atomic E-state index is 13.0. The van der Waals surface area contributed by atoms with Gasteiger partial charge in [0.1, 0.15) is 11.6 Å². The molecule has 1 aromatic carbocycles. The molecule has 0 radical (unpaired) electrons. The van der Waals surface area contributed by atoms with Gasteiger partial charge in [0.2, 0.25) is 5.91 Å². The first-order valence-electron chi connectivity index (χ1n) is 13.8. The number of nitrogens with two attached hydrogens (primary N) is 1. The molecule has 5 N–H and O–H groups in total. The fourth-order valence-electron chi connectivity index (χ4n) is 5.27. The lowest BCUT2D eigenvalue weighted by atomic mass is 9.85. The van der Waals surface area contributed by atoms with Crippen molar-refractivity contribution in [3.63, 3.8) is 0 Å². The third-order valence-electron chi connectivity index (χ3n) is 7.74. The smallest absolute Gasteiger partial charge is 0.384 e. The number of nitrogens with zero attached hydrogens (tertiary/aromatic N) is 3. The van der Waals surface area contributed by atoms with Gasteiger partial charge < -0.3 is 26.0 Å². The summed E-state index contributed by atoms with van der Waals surface area (Å²) in [5, 5.41) is 14.6. The Bertz CT molecular complexity index is 1520. The zero-order valence-corrected chi connectivity index (χ0v) is 23.5. The monoisotopic (exact) mass is 595 g/mol. The molecule has 0 saturated carbocycles. The SMILES string of the molecule is CC1(C(=O)N2CCCC(CNc3ccnc(N)c3C(=N)c3ccc(C(=O)Nc4cc(C(F)(F)F)ccn4)cc3)C2)COC1. The maximum absolute atomic E-state index is 13.0. The van der Waals surface area contributed by atoms with Gasteiger partial charge in [0.05, 0.1) is 35.5 Å². The first-order chi connectivity index (χ1) is 20.4. The molecule has 0 spiro atoms. The molecule has 2 aliphatic heterocycles. The molecule has 4 heterocycles. The molecular weight excluding hydrogens is 563 g/mol. The number of carbonyl (C=O) groups is 2. The van der Waals surface area contributed by atoms with Gasteiger partial charge in [-0.3, -0.25) is 15.0 Å². The second kappa shape index (κ2) is 12.0. The molecule has 1 atom stereocenters. The van der Waals surface area contributed by atoms with E-state index in [9.17, 15) is 22.8 Å². The van der Waals surface area contributed by atoms with Crippen LogP contribution >= 0.6 is 0 Å². The molecule has 2 saturated heterocycles. The van der Waals surface area contributed by atoms with Gasteiger partial charge in [-0.15, -0.1) is 0 Å². The van der Waals surface area contributed by atoms with Crippen LogP contribution in [-0.2, 0) is 15.7 Å². The molecule has 2 amide bonds. The van der Waals surface area contributed by atoms with Crippen molar-refractivity contribution in [1.82, 2.24) is 14.9 Å². The zero-order chi connectivity index (χ0) is 30.8. The van der Waals surface area contributed by atoms with Crippen LogP contribution in [-0.4, -0.2) is 65.2 Å². The number of halogens is 3. The highest BCUT2D eigenvalue weighted by molar-refractivity contribution is 6.17. The number of amides is 2. The van der Waals surface area contributed by atoms with Crippen LogP contribution in [0.15, 0.2) is 54.9 Å². The molecule has 2 aromatic heterocycles. The van der Waals surface area contributed by atoms with Crippen LogP contribution < -0.4 is 16.4 Å². The van der Waals surface area contributed by atoms with Crippen molar-refractivity contribution in [3.05, 3.63) is 77.1 Å². The number of anilines is 3. The highest BCUT2D eigenvalue weighted by Crippen LogP contribution is 2.32. The molecule has 3 aromatic rings. The summed E-state index contributed by atoms with van der Waals surface area (Å²) >= 11 is 0. The van der Waals surface area contributed by atoms with Gasteiger partial charge in [-0.1, -0.05) is 12.1 Å². The number of ether oxygens (including phenoxy) is 1. The van der Waals surface area contributed by atoms with Crippen LogP contribution in [0.3, 0.4) is 0 Å². The number of benzene rings is 1. The van der Waals surface area contributed by atoms with Gasteiger partial charge in [0.25, 0.3) is 5.91 Å². The van der Waals surface area contributed by atoms with Gasteiger partial charge in [-0.05, 0) is 56.0 Å². The fourth-order valence-corrected chi connectivity index (χ4v) is 5.27. The van der Waals surface area contributed by atoms with Crippen molar-refractivity contribution in [2.75, 3.05) is 49.2 Å². The number of nitrogen functional groups attached to an aromatic ring is 1. The van der Waals surface area contributed by atoms with Crippen LogP contribution in [0.25, 0.3) is 0 Å². The molecule has 13 heteroatoms. The lowest BCUT2D eigenvalue weighted by molar-refractivity contribution is -0.170. The van der Waals surface area contributed by atoms with E-state index in [0.717, 1.165) is 37.7 Å². The highest BCUT2D eigenvalue weighted by Gasteiger charge is 2.44. The van der Waals surface area contributed by atoms with E-state index in [2.05, 4.69) is 20.6 Å². The third-order valence-corrected chi connectivity index (χ3v) is 7.74. The zero-order valence-electron chi connectivity index (χ0n) is 23.5. The quantitative estimate of drug-likeness (QED) is 0.282. The van der Waals surface area contributed by atoms with E-state index in [4.69, 9.17) is 15.9 Å². The van der Waals surface area contributed by atoms with E-state index in [-0.39, 0.29) is 34.7 Å². The molecule has 1 unspecified atom stereocenters. The predicted octanol–water partition coefficient (Wildman–Crippen LogP) is 4.43. The van der Waals surface area contributed by atoms with Crippen LogP contribution in [0.4, 0.5) is 30.5 Å². The average Bonchev–Trinajstić information content (AvgIpc) is 2.98. The van der Waals surface area contributed by atoms with Crippen LogP contribution in [0.5, 0.6) is 0 Å². The minimum absolute atomic E-state index is 0.0814. The number of piperidine rings is 1. The summed E-state index contributed by atoms with van der Waals surface area (Å²) in [6, 6.07) is 9.36. The number of carbonyl (C=O) groups excluding carboxylic acids is 2. The Labute approximate surface area is 246 Å². The van der Waals surface area contributed by atoms with E-state index < -0.39 is 23.1 Å². The predicted molar refractivity (Wildman–Crippen MR) is 155 cm³/mol. The van der Waals surface area contributed by atoms with Crippen LogP contribution in [0.1, 0.15) is 46.8 Å². The van der Waals surface area contributed by atoms with Gasteiger partial charge in [0, 0.05) is 48.8 Å². The number of likely N-dealkylation sites (tertiary alicyclic amines) is 1. The van der Waals surface area contributed by atoms with E-state index in [1.54, 1.807) is 24.4 Å². The Morgan fingerprint density at radius 1 is 1.12 bits per heavy atom. The summed E-state index contributed by atoms with van der Waals surface area (Å²) < 4.78 is 44.2. The standard InChI is InChI=1S/C30H32F3N7O3/c1-29(16-43-17-29)28(42)40-12-2-3-18(15-40)14-38-22-9-11-37-26(35)24(22)25(34)19-4-6-20(7-5-19)27(41)39-23-13-21(8-10-36-23)30(31,32)33/h4-11,13,18,34H,2-3,12,14-17H2,1H3,(H3,35,37,38)(H,36,39,41). The van der Waals surface area contributed by atoms with E-state index in [1.807, 2.05) is 11.8 Å². The van der Waals surface area contributed by atoms with Crippen molar-refractivity contribution in [2.45, 2.75) is 25.9 Å². The molecule has 226 valence electrons. The van der Waals surface area contributed by atoms with Crippen molar-refractivity contribution in [3.8, 4) is 0 Å². The first kappa shape index (κ1) is 30.0. The van der Waals surface area contributed by atoms with E-state index in [0.29, 0.717) is 43.1 Å². The Morgan fingerprint density at radius 2 is 1.81 bits per heavy atom. The van der Waals surface area contributed by atoms with Gasteiger partial charge >= 0.3 is 6.18 Å². The number of nitrogens with one attached hydrogen (secondary N) is 3. The molecule has 0 aliphatic carbocycles. The first-order valence-corrected chi connectivity index (χ1v) is 13.8.